The first-order valence-corrected chi connectivity index (χ1v) is 11.5. The van der Waals surface area contributed by atoms with Crippen molar-refractivity contribution < 1.29 is 29.3 Å². The molecule has 4 N–H and O–H groups in total. The highest BCUT2D eigenvalue weighted by atomic mass is 16.5. The van der Waals surface area contributed by atoms with E-state index in [1.165, 1.54) is 6.92 Å². The fraction of sp³-hybridized carbons (Fsp3) is 0.423. The Hall–Kier alpha value is -3.39. The number of ether oxygens (including phenoxy) is 1. The Balaban J connectivity index is 1.65. The predicted molar refractivity (Wildman–Crippen MR) is 127 cm³/mol. The van der Waals surface area contributed by atoms with Crippen molar-refractivity contribution in [2.75, 3.05) is 19.8 Å². The quantitative estimate of drug-likeness (QED) is 0.424. The molecule has 1 unspecified atom stereocenters. The van der Waals surface area contributed by atoms with Gasteiger partial charge in [0.25, 0.3) is 0 Å². The van der Waals surface area contributed by atoms with E-state index in [0.717, 1.165) is 22.3 Å². The Morgan fingerprint density at radius 3 is 1.97 bits per heavy atom. The third kappa shape index (κ3) is 4.77. The summed E-state index contributed by atoms with van der Waals surface area (Å²) in [5.41, 5.74) is 1.61. The molecular formula is C26H32N2O6. The summed E-state index contributed by atoms with van der Waals surface area (Å²) in [5.74, 6) is -1.96. The highest BCUT2D eigenvalue weighted by Crippen LogP contribution is 2.44. The molecule has 8 nitrogen and oxygen atoms in total. The predicted octanol–water partition coefficient (Wildman–Crippen LogP) is 3.28. The SMILES string of the molecule is CCC(CC)(CNC(=O)OCC1c2ccccc2-c2ccccc21)C(=O)NC(C)(CO)C(=O)O. The van der Waals surface area contributed by atoms with E-state index < -0.39 is 35.5 Å². The van der Waals surface area contributed by atoms with Crippen LogP contribution in [-0.2, 0) is 14.3 Å². The Kier molecular flexibility index (Phi) is 7.61. The number of carbonyl (C=O) groups is 3. The third-order valence-electron chi connectivity index (χ3n) is 6.93. The highest BCUT2D eigenvalue weighted by molar-refractivity contribution is 5.90. The number of aliphatic hydroxyl groups excluding tert-OH is 1. The van der Waals surface area contributed by atoms with Crippen molar-refractivity contribution in [1.29, 1.82) is 0 Å². The number of benzene rings is 2. The molecule has 1 aliphatic carbocycles. The molecule has 182 valence electrons. The monoisotopic (exact) mass is 468 g/mol. The van der Waals surface area contributed by atoms with Gasteiger partial charge >= 0.3 is 12.1 Å². The van der Waals surface area contributed by atoms with Gasteiger partial charge in [-0.15, -0.1) is 0 Å². The Bertz CT molecular complexity index is 1020. The number of carbonyl (C=O) groups excluding carboxylic acids is 2. The molecule has 34 heavy (non-hydrogen) atoms. The molecule has 0 spiro atoms. The van der Waals surface area contributed by atoms with Gasteiger partial charge in [-0.1, -0.05) is 62.4 Å². The van der Waals surface area contributed by atoms with Crippen LogP contribution in [0.5, 0.6) is 0 Å². The Labute approximate surface area is 199 Å². The molecule has 1 aliphatic rings. The molecule has 0 aliphatic heterocycles. The van der Waals surface area contributed by atoms with E-state index in [0.29, 0.717) is 12.8 Å². The van der Waals surface area contributed by atoms with Gasteiger partial charge in [-0.25, -0.2) is 9.59 Å². The first-order valence-electron chi connectivity index (χ1n) is 11.5. The van der Waals surface area contributed by atoms with Crippen molar-refractivity contribution in [1.82, 2.24) is 10.6 Å². The van der Waals surface area contributed by atoms with Crippen molar-refractivity contribution in [3.63, 3.8) is 0 Å². The zero-order valence-corrected chi connectivity index (χ0v) is 19.8. The Morgan fingerprint density at radius 1 is 0.971 bits per heavy atom. The van der Waals surface area contributed by atoms with Crippen LogP contribution in [0.2, 0.25) is 0 Å². The number of alkyl carbamates (subject to hydrolysis) is 1. The molecular weight excluding hydrogens is 436 g/mol. The average molecular weight is 469 g/mol. The Morgan fingerprint density at radius 2 is 1.50 bits per heavy atom. The number of hydrogen-bond donors (Lipinski definition) is 4. The summed E-state index contributed by atoms with van der Waals surface area (Å²) in [5, 5.41) is 23.9. The normalized spacial score (nSPS) is 14.5. The summed E-state index contributed by atoms with van der Waals surface area (Å²) in [7, 11) is 0. The van der Waals surface area contributed by atoms with Crippen LogP contribution in [0.3, 0.4) is 0 Å². The largest absolute Gasteiger partial charge is 0.479 e. The lowest BCUT2D eigenvalue weighted by atomic mass is 9.80. The number of rotatable bonds is 10. The van der Waals surface area contributed by atoms with E-state index in [2.05, 4.69) is 22.8 Å². The van der Waals surface area contributed by atoms with Gasteiger partial charge in [0.2, 0.25) is 5.91 Å². The molecule has 0 bridgehead atoms. The van der Waals surface area contributed by atoms with Gasteiger partial charge < -0.3 is 25.6 Å². The van der Waals surface area contributed by atoms with Crippen LogP contribution >= 0.6 is 0 Å². The number of aliphatic hydroxyl groups is 1. The molecule has 2 aromatic rings. The van der Waals surface area contributed by atoms with Gasteiger partial charge in [0, 0.05) is 12.5 Å². The fourth-order valence-electron chi connectivity index (χ4n) is 4.34. The minimum Gasteiger partial charge on any atom is -0.479 e. The molecule has 0 radical (unpaired) electrons. The van der Waals surface area contributed by atoms with Crippen LogP contribution in [0.1, 0.15) is 50.7 Å². The lowest BCUT2D eigenvalue weighted by Gasteiger charge is -2.34. The molecule has 0 saturated heterocycles. The summed E-state index contributed by atoms with van der Waals surface area (Å²) >= 11 is 0. The molecule has 8 heteroatoms. The number of carboxylic acids is 1. The van der Waals surface area contributed by atoms with Crippen LogP contribution < -0.4 is 10.6 Å². The van der Waals surface area contributed by atoms with Crippen molar-refractivity contribution >= 4 is 18.0 Å². The van der Waals surface area contributed by atoms with E-state index in [-0.39, 0.29) is 19.1 Å². The second-order valence-corrected chi connectivity index (χ2v) is 8.92. The summed E-state index contributed by atoms with van der Waals surface area (Å²) in [6.07, 6.45) is 0.0735. The number of aliphatic carboxylic acids is 1. The number of nitrogens with one attached hydrogen (secondary N) is 2. The van der Waals surface area contributed by atoms with E-state index in [1.54, 1.807) is 13.8 Å². The van der Waals surface area contributed by atoms with Crippen molar-refractivity contribution in [2.24, 2.45) is 5.41 Å². The molecule has 0 saturated carbocycles. The van der Waals surface area contributed by atoms with E-state index in [4.69, 9.17) is 4.74 Å². The minimum absolute atomic E-state index is 0.0242. The first-order chi connectivity index (χ1) is 16.2. The van der Waals surface area contributed by atoms with Crippen molar-refractivity contribution in [3.8, 4) is 11.1 Å². The molecule has 3 rings (SSSR count). The van der Waals surface area contributed by atoms with Crippen molar-refractivity contribution in [2.45, 2.75) is 45.1 Å². The number of fused-ring (bicyclic) bond motifs is 3. The van der Waals surface area contributed by atoms with Crippen LogP contribution in [0.4, 0.5) is 4.79 Å². The molecule has 2 aromatic carbocycles. The number of carboxylic acid groups (broad SMARTS) is 1. The second kappa shape index (κ2) is 10.3. The number of hydrogen-bond acceptors (Lipinski definition) is 5. The lowest BCUT2D eigenvalue weighted by molar-refractivity contribution is -0.151. The maximum atomic E-state index is 13.0. The third-order valence-corrected chi connectivity index (χ3v) is 6.93. The standard InChI is InChI=1S/C26H32N2O6/c1-4-26(5-2,22(30)28-25(3,16-29)23(31)32)15-27-24(33)34-14-21-19-12-8-6-10-17(19)18-11-7-9-13-20(18)21/h6-13,21,29H,4-5,14-16H2,1-3H3,(H,27,33)(H,28,30)(H,31,32). The summed E-state index contributed by atoms with van der Waals surface area (Å²) < 4.78 is 5.55. The molecule has 0 fully saturated rings. The molecule has 2 amide bonds. The van der Waals surface area contributed by atoms with Gasteiger partial charge in [-0.2, -0.15) is 0 Å². The van der Waals surface area contributed by atoms with E-state index >= 15 is 0 Å². The first kappa shape index (κ1) is 25.2. The van der Waals surface area contributed by atoms with Crippen LogP contribution in [0, 0.1) is 5.41 Å². The summed E-state index contributed by atoms with van der Waals surface area (Å²) in [6.45, 7) is 4.20. The molecule has 0 aromatic heterocycles. The van der Waals surface area contributed by atoms with Crippen LogP contribution in [0.25, 0.3) is 11.1 Å². The van der Waals surface area contributed by atoms with E-state index in [9.17, 15) is 24.6 Å². The maximum Gasteiger partial charge on any atom is 0.407 e. The maximum absolute atomic E-state index is 13.0. The van der Waals surface area contributed by atoms with Crippen molar-refractivity contribution in [3.05, 3.63) is 59.7 Å². The van der Waals surface area contributed by atoms with Gasteiger partial charge in [0.1, 0.15) is 6.61 Å². The average Bonchev–Trinajstić information content (AvgIpc) is 3.17. The minimum atomic E-state index is -1.81. The topological polar surface area (TPSA) is 125 Å². The highest BCUT2D eigenvalue weighted by Gasteiger charge is 2.42. The van der Waals surface area contributed by atoms with Gasteiger partial charge in [-0.05, 0) is 42.0 Å². The van der Waals surface area contributed by atoms with Crippen LogP contribution in [-0.4, -0.2) is 53.5 Å². The lowest BCUT2D eigenvalue weighted by Crippen LogP contribution is -2.60. The second-order valence-electron chi connectivity index (χ2n) is 8.92. The molecule has 0 heterocycles. The summed E-state index contributed by atoms with van der Waals surface area (Å²) in [4.78, 5) is 37.0. The zero-order valence-electron chi connectivity index (χ0n) is 19.8. The summed E-state index contributed by atoms with van der Waals surface area (Å²) in [6, 6.07) is 16.1. The van der Waals surface area contributed by atoms with Gasteiger partial charge in [-0.3, -0.25) is 4.79 Å². The van der Waals surface area contributed by atoms with Gasteiger partial charge in [0.15, 0.2) is 5.54 Å². The molecule has 1 atom stereocenters. The zero-order chi connectivity index (χ0) is 24.9. The van der Waals surface area contributed by atoms with Crippen LogP contribution in [0.15, 0.2) is 48.5 Å². The smallest absolute Gasteiger partial charge is 0.407 e. The van der Waals surface area contributed by atoms with Gasteiger partial charge in [0.05, 0.1) is 12.0 Å². The number of amides is 2. The van der Waals surface area contributed by atoms with E-state index in [1.807, 2.05) is 36.4 Å². The fourth-order valence-corrected chi connectivity index (χ4v) is 4.34.